The summed E-state index contributed by atoms with van der Waals surface area (Å²) in [6.45, 7) is 6.77. The van der Waals surface area contributed by atoms with Crippen molar-refractivity contribution in [2.24, 2.45) is 0 Å². The first kappa shape index (κ1) is 21.0. The van der Waals surface area contributed by atoms with E-state index in [0.717, 1.165) is 19.3 Å². The first-order valence-electron chi connectivity index (χ1n) is 9.87. The molecule has 1 aliphatic carbocycles. The van der Waals surface area contributed by atoms with E-state index in [1.807, 2.05) is 6.08 Å². The lowest BCUT2D eigenvalue weighted by Crippen LogP contribution is -1.93. The Balaban J connectivity index is 2.18. The summed E-state index contributed by atoms with van der Waals surface area (Å²) in [4.78, 5) is 0. The van der Waals surface area contributed by atoms with E-state index >= 15 is 0 Å². The van der Waals surface area contributed by atoms with Crippen molar-refractivity contribution >= 4 is 0 Å². The fourth-order valence-electron chi connectivity index (χ4n) is 3.27. The van der Waals surface area contributed by atoms with Gasteiger partial charge in [-0.05, 0) is 85.0 Å². The van der Waals surface area contributed by atoms with E-state index in [1.165, 1.54) is 68.1 Å². The fourth-order valence-corrected chi connectivity index (χ4v) is 3.27. The predicted octanol–water partition coefficient (Wildman–Crippen LogP) is 7.05. The maximum atomic E-state index is 8.85. The molecular formula is C23H38O. The molecule has 0 unspecified atom stereocenters. The Morgan fingerprint density at radius 1 is 0.750 bits per heavy atom. The molecule has 24 heavy (non-hydrogen) atoms. The topological polar surface area (TPSA) is 20.2 Å². The van der Waals surface area contributed by atoms with E-state index in [4.69, 9.17) is 5.11 Å². The van der Waals surface area contributed by atoms with E-state index in [1.54, 1.807) is 5.57 Å². The van der Waals surface area contributed by atoms with Gasteiger partial charge in [-0.15, -0.1) is 0 Å². The molecule has 0 aromatic carbocycles. The van der Waals surface area contributed by atoms with Gasteiger partial charge in [-0.2, -0.15) is 0 Å². The molecule has 0 amide bonds. The minimum atomic E-state index is 0.162. The minimum absolute atomic E-state index is 0.162. The van der Waals surface area contributed by atoms with Gasteiger partial charge in [-0.3, -0.25) is 0 Å². The first-order chi connectivity index (χ1) is 11.6. The van der Waals surface area contributed by atoms with Gasteiger partial charge < -0.3 is 5.11 Å². The van der Waals surface area contributed by atoms with E-state index in [2.05, 4.69) is 39.0 Å². The Morgan fingerprint density at radius 2 is 1.25 bits per heavy atom. The molecule has 0 bridgehead atoms. The van der Waals surface area contributed by atoms with Crippen molar-refractivity contribution in [2.45, 2.75) is 91.4 Å². The third-order valence-electron chi connectivity index (χ3n) is 4.97. The summed E-state index contributed by atoms with van der Waals surface area (Å²) in [5.74, 6) is 0. The molecule has 0 radical (unpaired) electrons. The van der Waals surface area contributed by atoms with Crippen molar-refractivity contribution < 1.29 is 5.11 Å². The summed E-state index contributed by atoms with van der Waals surface area (Å²) < 4.78 is 0. The molecular weight excluding hydrogens is 292 g/mol. The second-order valence-corrected chi connectivity index (χ2v) is 7.37. The van der Waals surface area contributed by atoms with E-state index < -0.39 is 0 Å². The quantitative estimate of drug-likeness (QED) is 0.425. The van der Waals surface area contributed by atoms with Crippen molar-refractivity contribution in [3.05, 3.63) is 46.6 Å². The second kappa shape index (κ2) is 13.2. The molecule has 0 aromatic rings. The van der Waals surface area contributed by atoms with Crippen molar-refractivity contribution in [1.29, 1.82) is 0 Å². The Kier molecular flexibility index (Phi) is 11.6. The van der Waals surface area contributed by atoms with Crippen LogP contribution in [0.1, 0.15) is 91.4 Å². The van der Waals surface area contributed by atoms with Gasteiger partial charge in [0.15, 0.2) is 0 Å². The van der Waals surface area contributed by atoms with Crippen molar-refractivity contribution in [2.75, 3.05) is 6.61 Å². The van der Waals surface area contributed by atoms with Crippen molar-refractivity contribution in [3.8, 4) is 0 Å². The molecule has 1 nitrogen and oxygen atoms in total. The predicted molar refractivity (Wildman–Crippen MR) is 107 cm³/mol. The smallest absolute Gasteiger partial charge is 0.0614 e. The molecule has 136 valence electrons. The highest BCUT2D eigenvalue weighted by atomic mass is 16.2. The van der Waals surface area contributed by atoms with Gasteiger partial charge in [0.05, 0.1) is 6.61 Å². The molecule has 0 aromatic heterocycles. The molecule has 0 saturated heterocycles. The summed E-state index contributed by atoms with van der Waals surface area (Å²) in [5.41, 5.74) is 6.01. The highest BCUT2D eigenvalue weighted by molar-refractivity contribution is 5.08. The number of aliphatic hydroxyl groups is 1. The van der Waals surface area contributed by atoms with E-state index in [9.17, 15) is 0 Å². The molecule has 1 aliphatic rings. The van der Waals surface area contributed by atoms with Crippen molar-refractivity contribution in [3.63, 3.8) is 0 Å². The Labute approximate surface area is 150 Å². The summed E-state index contributed by atoms with van der Waals surface area (Å²) in [6, 6.07) is 0. The van der Waals surface area contributed by atoms with Crippen LogP contribution in [0.15, 0.2) is 46.6 Å². The lowest BCUT2D eigenvalue weighted by atomic mass is 9.93. The first-order valence-corrected chi connectivity index (χ1v) is 9.87. The standard InChI is InChI=1S/C23H38O/c1-20(12-8-13-22(3)18-19-24)10-7-11-21(2)14-9-17-23-15-5-4-6-16-23/h11-12,17-18,24H,4-10,13-16,19H2,1-3H3/b20-12+,21-11+,22-18+. The Hall–Kier alpha value is -1.08. The lowest BCUT2D eigenvalue weighted by molar-refractivity contribution is 0.341. The molecule has 1 fully saturated rings. The van der Waals surface area contributed by atoms with Crippen LogP contribution in [0.2, 0.25) is 0 Å². The van der Waals surface area contributed by atoms with Gasteiger partial charge in [-0.1, -0.05) is 53.0 Å². The van der Waals surface area contributed by atoms with Gasteiger partial charge in [-0.25, -0.2) is 0 Å². The summed E-state index contributed by atoms with van der Waals surface area (Å²) in [7, 11) is 0. The zero-order valence-corrected chi connectivity index (χ0v) is 16.2. The molecule has 0 aliphatic heterocycles. The molecule has 1 saturated carbocycles. The Bertz CT molecular complexity index is 454. The summed E-state index contributed by atoms with van der Waals surface area (Å²) in [5, 5.41) is 8.85. The highest BCUT2D eigenvalue weighted by Crippen LogP contribution is 2.23. The number of hydrogen-bond acceptors (Lipinski definition) is 1. The van der Waals surface area contributed by atoms with Crippen molar-refractivity contribution in [1.82, 2.24) is 0 Å². The van der Waals surface area contributed by atoms with Crippen LogP contribution in [0.5, 0.6) is 0 Å². The second-order valence-electron chi connectivity index (χ2n) is 7.37. The number of hydrogen-bond donors (Lipinski definition) is 1. The van der Waals surface area contributed by atoms with Crippen LogP contribution in [0, 0.1) is 0 Å². The zero-order chi connectivity index (χ0) is 17.6. The number of rotatable bonds is 10. The molecule has 1 rings (SSSR count). The lowest BCUT2D eigenvalue weighted by Gasteiger charge is -2.13. The van der Waals surface area contributed by atoms with Crippen LogP contribution in [-0.2, 0) is 0 Å². The molecule has 0 heterocycles. The molecule has 0 atom stereocenters. The third-order valence-corrected chi connectivity index (χ3v) is 4.97. The average molecular weight is 331 g/mol. The number of allylic oxidation sites excluding steroid dienone is 7. The SMILES string of the molecule is C/C(=C\CC/C(C)=C/CC/C(C)=C/CO)CCC=C1CCCCC1. The molecule has 1 N–H and O–H groups in total. The van der Waals surface area contributed by atoms with Crippen LogP contribution in [0.4, 0.5) is 0 Å². The Morgan fingerprint density at radius 3 is 1.79 bits per heavy atom. The van der Waals surface area contributed by atoms with Crippen LogP contribution in [0.25, 0.3) is 0 Å². The van der Waals surface area contributed by atoms with Crippen LogP contribution in [-0.4, -0.2) is 11.7 Å². The number of aliphatic hydroxyl groups excluding tert-OH is 1. The van der Waals surface area contributed by atoms with Gasteiger partial charge in [0, 0.05) is 0 Å². The average Bonchev–Trinajstić information content (AvgIpc) is 2.56. The van der Waals surface area contributed by atoms with Gasteiger partial charge in [0.2, 0.25) is 0 Å². The van der Waals surface area contributed by atoms with Gasteiger partial charge in [0.25, 0.3) is 0 Å². The van der Waals surface area contributed by atoms with Crippen LogP contribution in [0.3, 0.4) is 0 Å². The minimum Gasteiger partial charge on any atom is -0.392 e. The van der Waals surface area contributed by atoms with E-state index in [-0.39, 0.29) is 6.61 Å². The fraction of sp³-hybridized carbons (Fsp3) is 0.652. The molecule has 1 heteroatoms. The zero-order valence-electron chi connectivity index (χ0n) is 16.2. The normalized spacial score (nSPS) is 17.3. The highest BCUT2D eigenvalue weighted by Gasteiger charge is 2.04. The maximum Gasteiger partial charge on any atom is 0.0614 e. The third kappa shape index (κ3) is 10.6. The van der Waals surface area contributed by atoms with Crippen LogP contribution >= 0.6 is 0 Å². The van der Waals surface area contributed by atoms with E-state index in [0.29, 0.717) is 0 Å². The molecule has 0 spiro atoms. The summed E-state index contributed by atoms with van der Waals surface area (Å²) in [6.07, 6.45) is 23.0. The van der Waals surface area contributed by atoms with Crippen LogP contribution < -0.4 is 0 Å². The largest absolute Gasteiger partial charge is 0.392 e. The van der Waals surface area contributed by atoms with Gasteiger partial charge >= 0.3 is 0 Å². The monoisotopic (exact) mass is 330 g/mol. The van der Waals surface area contributed by atoms with Gasteiger partial charge in [0.1, 0.15) is 0 Å². The summed E-state index contributed by atoms with van der Waals surface area (Å²) >= 11 is 0. The maximum absolute atomic E-state index is 8.85.